The summed E-state index contributed by atoms with van der Waals surface area (Å²) in [7, 11) is 0. The monoisotopic (exact) mass is 544 g/mol. The van der Waals surface area contributed by atoms with E-state index in [9.17, 15) is 14.0 Å². The van der Waals surface area contributed by atoms with E-state index in [-0.39, 0.29) is 35.5 Å². The molecule has 2 aliphatic rings. The number of halogens is 1. The SMILES string of the molecule is O=C(Nc1ccc(F)cc1)NC1CCC(Nc2cc(NC3CC3)c3ncc(C(=O)Nc4ccncn4)n3n2)CC1. The molecular formula is C27H29FN10O2. The Morgan fingerprint density at radius 2 is 1.57 bits per heavy atom. The van der Waals surface area contributed by atoms with Gasteiger partial charge in [0.25, 0.3) is 5.91 Å². The van der Waals surface area contributed by atoms with Gasteiger partial charge in [-0.15, -0.1) is 5.10 Å². The average Bonchev–Trinajstić information content (AvgIpc) is 3.66. The molecule has 0 saturated heterocycles. The molecule has 12 nitrogen and oxygen atoms in total. The fraction of sp³-hybridized carbons (Fsp3) is 0.333. The molecule has 2 fully saturated rings. The van der Waals surface area contributed by atoms with Gasteiger partial charge in [0.1, 0.15) is 23.8 Å². The minimum atomic E-state index is -0.376. The van der Waals surface area contributed by atoms with Gasteiger partial charge in [0.2, 0.25) is 0 Å². The van der Waals surface area contributed by atoms with Crippen molar-refractivity contribution in [1.82, 2.24) is 29.9 Å². The van der Waals surface area contributed by atoms with E-state index in [1.54, 1.807) is 16.8 Å². The molecule has 206 valence electrons. The fourth-order valence-corrected chi connectivity index (χ4v) is 4.77. The highest BCUT2D eigenvalue weighted by molar-refractivity contribution is 6.03. The lowest BCUT2D eigenvalue weighted by atomic mass is 9.91. The second-order valence-electron chi connectivity index (χ2n) is 10.1. The van der Waals surface area contributed by atoms with Crippen LogP contribution in [-0.4, -0.2) is 54.6 Å². The Balaban J connectivity index is 1.11. The first kappa shape index (κ1) is 25.5. The molecule has 0 aliphatic heterocycles. The molecule has 0 bridgehead atoms. The third kappa shape index (κ3) is 6.08. The number of nitrogens with zero attached hydrogens (tertiary/aromatic N) is 5. The van der Waals surface area contributed by atoms with Crippen molar-refractivity contribution >= 4 is 40.6 Å². The van der Waals surface area contributed by atoms with Crippen LogP contribution in [0, 0.1) is 5.82 Å². The van der Waals surface area contributed by atoms with Crippen LogP contribution in [-0.2, 0) is 0 Å². The number of rotatable bonds is 8. The van der Waals surface area contributed by atoms with Crippen molar-refractivity contribution in [2.45, 2.75) is 56.7 Å². The lowest BCUT2D eigenvalue weighted by molar-refractivity contribution is 0.102. The number of aromatic nitrogens is 5. The van der Waals surface area contributed by atoms with E-state index in [1.807, 2.05) is 6.07 Å². The minimum Gasteiger partial charge on any atom is -0.379 e. The zero-order valence-corrected chi connectivity index (χ0v) is 21.6. The third-order valence-corrected chi connectivity index (χ3v) is 6.98. The van der Waals surface area contributed by atoms with Crippen molar-refractivity contribution in [2.75, 3.05) is 21.3 Å². The largest absolute Gasteiger partial charge is 0.379 e. The van der Waals surface area contributed by atoms with Crippen molar-refractivity contribution in [1.29, 1.82) is 0 Å². The highest BCUT2D eigenvalue weighted by Gasteiger charge is 2.26. The Morgan fingerprint density at radius 1 is 0.850 bits per heavy atom. The highest BCUT2D eigenvalue weighted by atomic mass is 19.1. The van der Waals surface area contributed by atoms with E-state index in [2.05, 4.69) is 41.5 Å². The van der Waals surface area contributed by atoms with Crippen LogP contribution in [0.25, 0.3) is 5.65 Å². The maximum Gasteiger partial charge on any atom is 0.319 e. The smallest absolute Gasteiger partial charge is 0.319 e. The number of fused-ring (bicyclic) bond motifs is 1. The quantitative estimate of drug-likeness (QED) is 0.223. The number of imidazole rings is 1. The topological polar surface area (TPSA) is 150 Å². The summed E-state index contributed by atoms with van der Waals surface area (Å²) in [5.41, 5.74) is 2.21. The summed E-state index contributed by atoms with van der Waals surface area (Å²) in [4.78, 5) is 37.8. The summed E-state index contributed by atoms with van der Waals surface area (Å²) in [5, 5.41) is 20.2. The van der Waals surface area contributed by atoms with Gasteiger partial charge in [0.15, 0.2) is 11.3 Å². The molecule has 0 radical (unpaired) electrons. The summed E-state index contributed by atoms with van der Waals surface area (Å²) in [5.74, 6) is 0.293. The van der Waals surface area contributed by atoms with Crippen molar-refractivity contribution in [3.8, 4) is 0 Å². The van der Waals surface area contributed by atoms with Crippen molar-refractivity contribution in [3.63, 3.8) is 0 Å². The summed E-state index contributed by atoms with van der Waals surface area (Å²) < 4.78 is 14.6. The lowest BCUT2D eigenvalue weighted by Gasteiger charge is -2.30. The molecule has 3 heterocycles. The second-order valence-corrected chi connectivity index (χ2v) is 10.1. The predicted octanol–water partition coefficient (Wildman–Crippen LogP) is 4.03. The third-order valence-electron chi connectivity index (χ3n) is 6.98. The van der Waals surface area contributed by atoms with Crippen LogP contribution in [0.1, 0.15) is 49.0 Å². The predicted molar refractivity (Wildman–Crippen MR) is 148 cm³/mol. The molecule has 2 saturated carbocycles. The van der Waals surface area contributed by atoms with Gasteiger partial charge >= 0.3 is 6.03 Å². The molecule has 0 atom stereocenters. The average molecular weight is 545 g/mol. The zero-order chi connectivity index (χ0) is 27.5. The molecule has 2 aliphatic carbocycles. The Kier molecular flexibility index (Phi) is 7.08. The van der Waals surface area contributed by atoms with Crippen LogP contribution in [0.2, 0.25) is 0 Å². The van der Waals surface area contributed by atoms with E-state index in [0.717, 1.165) is 44.2 Å². The number of carbonyl (C=O) groups is 2. The number of amides is 3. The van der Waals surface area contributed by atoms with Crippen LogP contribution < -0.4 is 26.6 Å². The first-order valence-corrected chi connectivity index (χ1v) is 13.3. The molecule has 40 heavy (non-hydrogen) atoms. The van der Waals surface area contributed by atoms with Gasteiger partial charge in [-0.3, -0.25) is 4.79 Å². The van der Waals surface area contributed by atoms with E-state index in [4.69, 9.17) is 5.10 Å². The summed E-state index contributed by atoms with van der Waals surface area (Å²) in [6.07, 6.45) is 9.85. The number of carbonyl (C=O) groups excluding carboxylic acids is 2. The van der Waals surface area contributed by atoms with Gasteiger partial charge in [-0.25, -0.2) is 28.7 Å². The zero-order valence-electron chi connectivity index (χ0n) is 21.6. The molecule has 0 spiro atoms. The normalized spacial score (nSPS) is 18.6. The number of benzene rings is 1. The van der Waals surface area contributed by atoms with Gasteiger partial charge in [-0.2, -0.15) is 0 Å². The van der Waals surface area contributed by atoms with E-state index >= 15 is 0 Å². The molecule has 1 aromatic carbocycles. The first-order chi connectivity index (χ1) is 19.5. The van der Waals surface area contributed by atoms with Gasteiger partial charge in [0, 0.05) is 36.1 Å². The summed E-state index contributed by atoms with van der Waals surface area (Å²) in [6, 6.07) is 9.48. The molecule has 4 aromatic rings. The number of nitrogens with one attached hydrogen (secondary N) is 5. The van der Waals surface area contributed by atoms with Crippen molar-refractivity contribution in [3.05, 3.63) is 66.6 Å². The first-order valence-electron chi connectivity index (χ1n) is 13.3. The lowest BCUT2D eigenvalue weighted by Crippen LogP contribution is -2.42. The van der Waals surface area contributed by atoms with Crippen LogP contribution in [0.4, 0.5) is 32.2 Å². The Morgan fingerprint density at radius 3 is 2.30 bits per heavy atom. The van der Waals surface area contributed by atoms with Crippen LogP contribution in [0.3, 0.4) is 0 Å². The fourth-order valence-electron chi connectivity index (χ4n) is 4.77. The summed E-state index contributed by atoms with van der Waals surface area (Å²) in [6.45, 7) is 0. The second kappa shape index (κ2) is 11.1. The molecule has 0 unspecified atom stereocenters. The van der Waals surface area contributed by atoms with Crippen molar-refractivity contribution < 1.29 is 14.0 Å². The van der Waals surface area contributed by atoms with Crippen LogP contribution in [0.5, 0.6) is 0 Å². The van der Waals surface area contributed by atoms with Gasteiger partial charge in [-0.05, 0) is 68.9 Å². The maximum absolute atomic E-state index is 13.1. The molecular weight excluding hydrogens is 515 g/mol. The van der Waals surface area contributed by atoms with Gasteiger partial charge in [0.05, 0.1) is 11.9 Å². The van der Waals surface area contributed by atoms with Crippen LogP contribution in [0.15, 0.2) is 55.1 Å². The highest BCUT2D eigenvalue weighted by Crippen LogP contribution is 2.30. The Labute approximate surface area is 229 Å². The summed E-state index contributed by atoms with van der Waals surface area (Å²) >= 11 is 0. The number of urea groups is 1. The molecule has 3 aromatic heterocycles. The Bertz CT molecular complexity index is 1500. The number of hydrogen-bond donors (Lipinski definition) is 5. The molecule has 3 amide bonds. The van der Waals surface area contributed by atoms with Gasteiger partial charge < -0.3 is 26.6 Å². The van der Waals surface area contributed by atoms with Gasteiger partial charge in [-0.1, -0.05) is 0 Å². The van der Waals surface area contributed by atoms with E-state index in [1.165, 1.54) is 36.8 Å². The molecule has 13 heteroatoms. The maximum atomic E-state index is 13.1. The molecule has 6 rings (SSSR count). The van der Waals surface area contributed by atoms with E-state index < -0.39 is 0 Å². The Hall–Kier alpha value is -4.81. The van der Waals surface area contributed by atoms with E-state index in [0.29, 0.717) is 29.0 Å². The number of hydrogen-bond acceptors (Lipinski definition) is 8. The van der Waals surface area contributed by atoms with Crippen molar-refractivity contribution in [2.24, 2.45) is 0 Å². The van der Waals surface area contributed by atoms with Crippen LogP contribution >= 0.6 is 0 Å². The molecule has 5 N–H and O–H groups in total. The minimum absolute atomic E-state index is 0.0341. The standard InChI is InChI=1S/C27H29FN10O2/c28-16-1-3-19(4-2-16)34-27(40)35-20-9-7-18(8-10-20)33-24-13-21(32-17-5-6-17)25-30-14-22(38(25)37-24)26(39)36-23-11-12-29-15-31-23/h1-4,11-15,17-18,20,32H,5-10H2,(H,33,37)(H2,34,35,40)(H,29,31,36,39). The number of anilines is 4.